The minimum absolute atomic E-state index is 0.720. The molecule has 0 bridgehead atoms. The van der Waals surface area contributed by atoms with Gasteiger partial charge in [0.05, 0.1) is 0 Å². The first-order valence-corrected chi connectivity index (χ1v) is 5.72. The summed E-state index contributed by atoms with van der Waals surface area (Å²) < 4.78 is 0. The van der Waals surface area contributed by atoms with Crippen LogP contribution in [0.25, 0.3) is 11.4 Å². The third-order valence-electron chi connectivity index (χ3n) is 2.72. The van der Waals surface area contributed by atoms with E-state index in [1.165, 1.54) is 5.56 Å². The largest absolute Gasteiger partial charge is 0.373 e. The number of nitrogens with one attached hydrogen (secondary N) is 1. The molecule has 0 saturated carbocycles. The summed E-state index contributed by atoms with van der Waals surface area (Å²) in [5.41, 5.74) is 3.13. The van der Waals surface area contributed by atoms with E-state index in [9.17, 15) is 0 Å². The third-order valence-corrected chi connectivity index (χ3v) is 2.72. The van der Waals surface area contributed by atoms with Crippen LogP contribution in [0.15, 0.2) is 24.5 Å². The van der Waals surface area contributed by atoms with Gasteiger partial charge in [0.15, 0.2) is 5.82 Å². The normalized spacial score (nSPS) is 10.3. The summed E-state index contributed by atoms with van der Waals surface area (Å²) in [6, 6.07) is 3.85. The lowest BCUT2D eigenvalue weighted by molar-refractivity contribution is 1.00. The first-order chi connectivity index (χ1) is 8.26. The van der Waals surface area contributed by atoms with Crippen LogP contribution in [-0.2, 0) is 6.42 Å². The number of aryl methyl sites for hydroxylation is 1. The van der Waals surface area contributed by atoms with Crippen LogP contribution in [0.5, 0.6) is 0 Å². The predicted octanol–water partition coefficient (Wildman–Crippen LogP) is 2.45. The van der Waals surface area contributed by atoms with Crippen molar-refractivity contribution in [3.63, 3.8) is 0 Å². The summed E-state index contributed by atoms with van der Waals surface area (Å²) in [7, 11) is 1.88. The molecular weight excluding hydrogens is 212 g/mol. The van der Waals surface area contributed by atoms with Crippen molar-refractivity contribution < 1.29 is 0 Å². The van der Waals surface area contributed by atoms with Gasteiger partial charge >= 0.3 is 0 Å². The molecule has 4 heteroatoms. The van der Waals surface area contributed by atoms with E-state index < -0.39 is 0 Å². The molecule has 2 aromatic rings. The van der Waals surface area contributed by atoms with Crippen LogP contribution in [-0.4, -0.2) is 22.0 Å². The van der Waals surface area contributed by atoms with Crippen molar-refractivity contribution in [2.24, 2.45) is 0 Å². The Labute approximate surface area is 101 Å². The van der Waals surface area contributed by atoms with Gasteiger partial charge in [-0.25, -0.2) is 9.97 Å². The average molecular weight is 228 g/mol. The number of pyridine rings is 1. The SMILES string of the molecule is CCc1c(C)nc(-c2cccnc2)nc1NC. The molecule has 0 unspecified atom stereocenters. The summed E-state index contributed by atoms with van der Waals surface area (Å²) in [4.78, 5) is 13.2. The van der Waals surface area contributed by atoms with Crippen LogP contribution in [0, 0.1) is 6.92 Å². The second-order valence-corrected chi connectivity index (χ2v) is 3.81. The fourth-order valence-corrected chi connectivity index (χ4v) is 1.85. The number of hydrogen-bond acceptors (Lipinski definition) is 4. The van der Waals surface area contributed by atoms with Crippen molar-refractivity contribution in [1.29, 1.82) is 0 Å². The number of rotatable bonds is 3. The lowest BCUT2D eigenvalue weighted by Crippen LogP contribution is -2.05. The Morgan fingerprint density at radius 3 is 2.71 bits per heavy atom. The van der Waals surface area contributed by atoms with Gasteiger partial charge in [-0.3, -0.25) is 4.98 Å². The highest BCUT2D eigenvalue weighted by Crippen LogP contribution is 2.21. The molecule has 0 atom stereocenters. The highest BCUT2D eigenvalue weighted by molar-refractivity contribution is 5.58. The molecule has 0 aliphatic carbocycles. The average Bonchev–Trinajstić information content (AvgIpc) is 2.38. The minimum atomic E-state index is 0.720. The summed E-state index contributed by atoms with van der Waals surface area (Å²) in [5.74, 6) is 1.62. The zero-order valence-corrected chi connectivity index (χ0v) is 10.4. The summed E-state index contributed by atoms with van der Waals surface area (Å²) in [5, 5.41) is 3.13. The van der Waals surface area contributed by atoms with Crippen LogP contribution in [0.4, 0.5) is 5.82 Å². The monoisotopic (exact) mass is 228 g/mol. The zero-order chi connectivity index (χ0) is 12.3. The molecule has 17 heavy (non-hydrogen) atoms. The van der Waals surface area contributed by atoms with Crippen LogP contribution in [0.3, 0.4) is 0 Å². The topological polar surface area (TPSA) is 50.7 Å². The molecule has 0 spiro atoms. The fourth-order valence-electron chi connectivity index (χ4n) is 1.85. The van der Waals surface area contributed by atoms with E-state index in [0.717, 1.165) is 29.3 Å². The maximum absolute atomic E-state index is 4.53. The Morgan fingerprint density at radius 1 is 1.29 bits per heavy atom. The molecule has 2 heterocycles. The number of hydrogen-bond donors (Lipinski definition) is 1. The van der Waals surface area contributed by atoms with Crippen molar-refractivity contribution >= 4 is 5.82 Å². The van der Waals surface area contributed by atoms with Crippen LogP contribution in [0.1, 0.15) is 18.2 Å². The lowest BCUT2D eigenvalue weighted by Gasteiger charge is -2.11. The summed E-state index contributed by atoms with van der Waals surface area (Å²) >= 11 is 0. The van der Waals surface area contributed by atoms with E-state index in [0.29, 0.717) is 0 Å². The quantitative estimate of drug-likeness (QED) is 0.876. The van der Waals surface area contributed by atoms with Gasteiger partial charge in [0.2, 0.25) is 0 Å². The number of anilines is 1. The smallest absolute Gasteiger partial charge is 0.163 e. The number of nitrogens with zero attached hydrogens (tertiary/aromatic N) is 3. The predicted molar refractivity (Wildman–Crippen MR) is 68.9 cm³/mol. The molecule has 4 nitrogen and oxygen atoms in total. The van der Waals surface area contributed by atoms with Crippen molar-refractivity contribution in [2.75, 3.05) is 12.4 Å². The van der Waals surface area contributed by atoms with E-state index in [4.69, 9.17) is 0 Å². The molecule has 2 rings (SSSR count). The molecule has 1 N–H and O–H groups in total. The Hall–Kier alpha value is -1.97. The van der Waals surface area contributed by atoms with Crippen LogP contribution in [0.2, 0.25) is 0 Å². The van der Waals surface area contributed by atoms with Gasteiger partial charge in [-0.05, 0) is 25.5 Å². The van der Waals surface area contributed by atoms with Gasteiger partial charge in [-0.2, -0.15) is 0 Å². The van der Waals surface area contributed by atoms with Crippen LogP contribution < -0.4 is 5.32 Å². The highest BCUT2D eigenvalue weighted by atomic mass is 15.0. The molecular formula is C13H16N4. The Kier molecular flexibility index (Phi) is 3.32. The van der Waals surface area contributed by atoms with E-state index in [1.807, 2.05) is 26.1 Å². The van der Waals surface area contributed by atoms with E-state index in [2.05, 4.69) is 27.2 Å². The van der Waals surface area contributed by atoms with Crippen LogP contribution >= 0.6 is 0 Å². The van der Waals surface area contributed by atoms with Crippen molar-refractivity contribution in [3.05, 3.63) is 35.8 Å². The summed E-state index contributed by atoms with van der Waals surface area (Å²) in [6.07, 6.45) is 4.45. The Bertz CT molecular complexity index is 508. The van der Waals surface area contributed by atoms with E-state index >= 15 is 0 Å². The molecule has 0 aromatic carbocycles. The minimum Gasteiger partial charge on any atom is -0.373 e. The molecule has 0 amide bonds. The van der Waals surface area contributed by atoms with Gasteiger partial charge in [-0.1, -0.05) is 6.92 Å². The van der Waals surface area contributed by atoms with Crippen molar-refractivity contribution in [3.8, 4) is 11.4 Å². The van der Waals surface area contributed by atoms with Crippen molar-refractivity contribution in [2.45, 2.75) is 20.3 Å². The van der Waals surface area contributed by atoms with Gasteiger partial charge in [0.25, 0.3) is 0 Å². The first kappa shape index (κ1) is 11.5. The van der Waals surface area contributed by atoms with E-state index in [-0.39, 0.29) is 0 Å². The maximum Gasteiger partial charge on any atom is 0.163 e. The molecule has 2 aromatic heterocycles. The zero-order valence-electron chi connectivity index (χ0n) is 10.4. The van der Waals surface area contributed by atoms with Gasteiger partial charge in [0.1, 0.15) is 5.82 Å². The van der Waals surface area contributed by atoms with Gasteiger partial charge in [-0.15, -0.1) is 0 Å². The second kappa shape index (κ2) is 4.91. The number of aromatic nitrogens is 3. The molecule has 0 fully saturated rings. The molecule has 0 aliphatic heterocycles. The molecule has 0 aliphatic rings. The van der Waals surface area contributed by atoms with Gasteiger partial charge in [0, 0.05) is 36.3 Å². The standard InChI is InChI=1S/C13H16N4/c1-4-11-9(2)16-12(17-13(11)14-3)10-6-5-7-15-8-10/h5-8H,4H2,1-3H3,(H,14,16,17). The fraction of sp³-hybridized carbons (Fsp3) is 0.308. The highest BCUT2D eigenvalue weighted by Gasteiger charge is 2.10. The maximum atomic E-state index is 4.53. The first-order valence-electron chi connectivity index (χ1n) is 5.72. The molecule has 0 radical (unpaired) electrons. The van der Waals surface area contributed by atoms with Crippen molar-refractivity contribution in [1.82, 2.24) is 15.0 Å². The Morgan fingerprint density at radius 2 is 2.12 bits per heavy atom. The van der Waals surface area contributed by atoms with E-state index in [1.54, 1.807) is 12.4 Å². The second-order valence-electron chi connectivity index (χ2n) is 3.81. The Balaban J connectivity index is 2.54. The molecule has 0 saturated heterocycles. The summed E-state index contributed by atoms with van der Waals surface area (Å²) in [6.45, 7) is 4.12. The lowest BCUT2D eigenvalue weighted by atomic mass is 10.1. The molecule has 88 valence electrons. The van der Waals surface area contributed by atoms with Gasteiger partial charge < -0.3 is 5.32 Å². The third kappa shape index (κ3) is 2.25.